The van der Waals surface area contributed by atoms with Gasteiger partial charge < -0.3 is 10.6 Å². The van der Waals surface area contributed by atoms with Gasteiger partial charge in [0.05, 0.1) is 17.4 Å². The molecule has 4 aromatic rings. The van der Waals surface area contributed by atoms with Crippen molar-refractivity contribution in [1.29, 1.82) is 0 Å². The van der Waals surface area contributed by atoms with E-state index in [0.717, 1.165) is 0 Å². The molecule has 2 unspecified atom stereocenters. The molecule has 2 nitrogen and oxygen atoms in total. The maximum Gasteiger partial charge on any atom is 0.0573 e. The van der Waals surface area contributed by atoms with Crippen molar-refractivity contribution in [2.24, 2.45) is 5.92 Å². The zero-order valence-electron chi connectivity index (χ0n) is 23.2. The van der Waals surface area contributed by atoms with Crippen molar-refractivity contribution >= 4 is 51.5 Å². The highest BCUT2D eigenvalue weighted by Gasteiger charge is 2.23. The summed E-state index contributed by atoms with van der Waals surface area (Å²) in [6, 6.07) is 11.6. The van der Waals surface area contributed by atoms with Crippen LogP contribution in [0.3, 0.4) is 0 Å². The van der Waals surface area contributed by atoms with Gasteiger partial charge >= 0.3 is 0 Å². The molecule has 1 aliphatic rings. The first-order chi connectivity index (χ1) is 18.3. The second kappa shape index (κ2) is 11.2. The summed E-state index contributed by atoms with van der Waals surface area (Å²) in [5.74, 6) is 0.451. The molecule has 38 heavy (non-hydrogen) atoms. The number of thioether (sulfide) groups is 1. The van der Waals surface area contributed by atoms with Gasteiger partial charge in [-0.3, -0.25) is 0 Å². The molecule has 0 aliphatic heterocycles. The molecule has 2 N–H and O–H groups in total. The highest BCUT2D eigenvalue weighted by Crippen LogP contribution is 2.46. The Labute approximate surface area is 239 Å². The van der Waals surface area contributed by atoms with Gasteiger partial charge in [0, 0.05) is 43.2 Å². The zero-order chi connectivity index (χ0) is 27.0. The fraction of sp³-hybridized carbons (Fsp3) is 0.273. The monoisotopic (exact) mass is 556 g/mol. The maximum absolute atomic E-state index is 3.89. The van der Waals surface area contributed by atoms with Crippen LogP contribution in [0.5, 0.6) is 0 Å². The SMILES string of the molecule is CSc1c(-c2cscc2Nc2c(C)cc(C)cc2C)cccc1-c1cscc1NC1C(C)=CC(C)=CC1C. The topological polar surface area (TPSA) is 24.1 Å². The Morgan fingerprint density at radius 3 is 2.00 bits per heavy atom. The van der Waals surface area contributed by atoms with Crippen LogP contribution in [0.1, 0.15) is 37.5 Å². The summed E-state index contributed by atoms with van der Waals surface area (Å²) in [4.78, 5) is 1.31. The lowest BCUT2D eigenvalue weighted by molar-refractivity contribution is 0.626. The fourth-order valence-corrected chi connectivity index (χ4v) is 8.11. The minimum Gasteiger partial charge on any atom is -0.377 e. The quantitative estimate of drug-likeness (QED) is 0.221. The summed E-state index contributed by atoms with van der Waals surface area (Å²) in [6.07, 6.45) is 6.87. The summed E-state index contributed by atoms with van der Waals surface area (Å²) >= 11 is 5.35. The van der Waals surface area contributed by atoms with Gasteiger partial charge in [-0.15, -0.1) is 34.4 Å². The van der Waals surface area contributed by atoms with E-state index in [1.165, 1.54) is 72.0 Å². The Bertz CT molecular complexity index is 1510. The van der Waals surface area contributed by atoms with Crippen LogP contribution in [0.2, 0.25) is 0 Å². The van der Waals surface area contributed by atoms with Crippen molar-refractivity contribution in [3.63, 3.8) is 0 Å². The molecule has 1 aliphatic carbocycles. The van der Waals surface area contributed by atoms with Crippen LogP contribution in [-0.2, 0) is 0 Å². The van der Waals surface area contributed by atoms with Crippen LogP contribution in [0.4, 0.5) is 17.1 Å². The lowest BCUT2D eigenvalue weighted by Gasteiger charge is -2.29. The first-order valence-corrected chi connectivity index (χ1v) is 16.2. The second-order valence-electron chi connectivity index (χ2n) is 10.5. The zero-order valence-corrected chi connectivity index (χ0v) is 25.7. The number of hydrogen-bond acceptors (Lipinski definition) is 5. The van der Waals surface area contributed by atoms with Crippen LogP contribution < -0.4 is 10.6 Å². The van der Waals surface area contributed by atoms with Gasteiger partial charge in [-0.05, 0) is 69.0 Å². The van der Waals surface area contributed by atoms with Crippen molar-refractivity contribution < 1.29 is 0 Å². The summed E-state index contributed by atoms with van der Waals surface area (Å²) in [7, 11) is 0. The third kappa shape index (κ3) is 5.25. The molecule has 0 fully saturated rings. The molecule has 5 rings (SSSR count). The minimum atomic E-state index is 0.307. The summed E-state index contributed by atoms with van der Waals surface area (Å²) < 4.78 is 0. The lowest BCUT2D eigenvalue weighted by Crippen LogP contribution is -2.29. The van der Waals surface area contributed by atoms with Crippen molar-refractivity contribution in [2.45, 2.75) is 52.5 Å². The van der Waals surface area contributed by atoms with E-state index in [1.807, 2.05) is 11.8 Å². The normalized spacial score (nSPS) is 17.2. The molecule has 2 aromatic carbocycles. The number of aryl methyl sites for hydroxylation is 3. The van der Waals surface area contributed by atoms with E-state index in [2.05, 4.69) is 122 Å². The smallest absolute Gasteiger partial charge is 0.0573 e. The van der Waals surface area contributed by atoms with Gasteiger partial charge in [0.1, 0.15) is 0 Å². The van der Waals surface area contributed by atoms with E-state index < -0.39 is 0 Å². The van der Waals surface area contributed by atoms with E-state index in [4.69, 9.17) is 0 Å². The second-order valence-corrected chi connectivity index (χ2v) is 12.8. The minimum absolute atomic E-state index is 0.307. The van der Waals surface area contributed by atoms with Crippen molar-refractivity contribution in [3.8, 4) is 22.3 Å². The average molecular weight is 557 g/mol. The largest absolute Gasteiger partial charge is 0.377 e. The Kier molecular flexibility index (Phi) is 7.90. The van der Waals surface area contributed by atoms with Crippen molar-refractivity contribution in [3.05, 3.63) is 91.8 Å². The van der Waals surface area contributed by atoms with Gasteiger partial charge in [-0.1, -0.05) is 66.1 Å². The molecule has 0 bridgehead atoms. The molecule has 196 valence electrons. The summed E-state index contributed by atoms with van der Waals surface area (Å²) in [5, 5.41) is 16.7. The number of benzene rings is 2. The van der Waals surface area contributed by atoms with Crippen molar-refractivity contribution in [2.75, 3.05) is 16.9 Å². The van der Waals surface area contributed by atoms with Crippen LogP contribution in [-0.4, -0.2) is 12.3 Å². The molecule has 2 atom stereocenters. The van der Waals surface area contributed by atoms with Crippen LogP contribution in [0.15, 0.2) is 80.0 Å². The van der Waals surface area contributed by atoms with Gasteiger partial charge in [0.2, 0.25) is 0 Å². The molecular formula is C33H36N2S3. The van der Waals surface area contributed by atoms with E-state index in [1.54, 1.807) is 22.7 Å². The Hall–Kier alpha value is -2.73. The standard InChI is InChI=1S/C33H36N2S3/c1-19-11-21(3)31(22(4)12-19)34-29-17-37-15-27(29)25-9-8-10-26(33(25)36-7)28-16-38-18-30(28)35-32-23(5)13-20(2)14-24(32)6/h8-18,21,31,34-35H,1-7H3. The fourth-order valence-electron chi connectivity index (χ4n) is 5.75. The summed E-state index contributed by atoms with van der Waals surface area (Å²) in [5.41, 5.74) is 15.3. The van der Waals surface area contributed by atoms with E-state index in [-0.39, 0.29) is 0 Å². The highest BCUT2D eigenvalue weighted by molar-refractivity contribution is 7.98. The molecule has 0 radical (unpaired) electrons. The molecule has 2 heterocycles. The van der Waals surface area contributed by atoms with Gasteiger partial charge in [0.25, 0.3) is 0 Å². The van der Waals surface area contributed by atoms with E-state index in [9.17, 15) is 0 Å². The average Bonchev–Trinajstić information content (AvgIpc) is 3.52. The number of nitrogens with one attached hydrogen (secondary N) is 2. The summed E-state index contributed by atoms with van der Waals surface area (Å²) in [6.45, 7) is 13.3. The van der Waals surface area contributed by atoms with Gasteiger partial charge in [-0.25, -0.2) is 0 Å². The molecular weight excluding hydrogens is 521 g/mol. The maximum atomic E-state index is 3.89. The molecule has 0 saturated carbocycles. The van der Waals surface area contributed by atoms with E-state index >= 15 is 0 Å². The Morgan fingerprint density at radius 2 is 1.39 bits per heavy atom. The lowest BCUT2D eigenvalue weighted by atomic mass is 9.87. The Balaban J connectivity index is 1.52. The number of anilines is 3. The number of thiophene rings is 2. The highest BCUT2D eigenvalue weighted by atomic mass is 32.2. The predicted molar refractivity (Wildman–Crippen MR) is 173 cm³/mol. The van der Waals surface area contributed by atoms with Crippen LogP contribution in [0.25, 0.3) is 22.3 Å². The van der Waals surface area contributed by atoms with Crippen molar-refractivity contribution in [1.82, 2.24) is 0 Å². The first kappa shape index (κ1) is 26.9. The van der Waals surface area contributed by atoms with Crippen LogP contribution >= 0.6 is 34.4 Å². The third-order valence-electron chi connectivity index (χ3n) is 7.37. The third-order valence-corrected chi connectivity index (χ3v) is 9.70. The van der Waals surface area contributed by atoms with Gasteiger partial charge in [0.15, 0.2) is 0 Å². The number of rotatable bonds is 7. The molecule has 2 aromatic heterocycles. The number of allylic oxidation sites excluding steroid dienone is 2. The van der Waals surface area contributed by atoms with Gasteiger partial charge in [-0.2, -0.15) is 0 Å². The number of hydrogen-bond donors (Lipinski definition) is 2. The predicted octanol–water partition coefficient (Wildman–Crippen LogP) is 10.9. The Morgan fingerprint density at radius 1 is 0.789 bits per heavy atom. The molecule has 0 amide bonds. The molecule has 0 spiro atoms. The van der Waals surface area contributed by atoms with E-state index in [0.29, 0.717) is 12.0 Å². The molecule has 0 saturated heterocycles. The molecule has 5 heteroatoms. The van der Waals surface area contributed by atoms with Crippen LogP contribution in [0, 0.1) is 26.7 Å². The first-order valence-electron chi connectivity index (χ1n) is 13.0.